The lowest BCUT2D eigenvalue weighted by Gasteiger charge is -2.32. The van der Waals surface area contributed by atoms with Crippen molar-refractivity contribution >= 4 is 22.1 Å². The lowest BCUT2D eigenvalue weighted by atomic mass is 9.84. The predicted molar refractivity (Wildman–Crippen MR) is 117 cm³/mol. The van der Waals surface area contributed by atoms with Gasteiger partial charge in [-0.2, -0.15) is 13.2 Å². The number of rotatable bonds is 4. The molecule has 1 unspecified atom stereocenters. The van der Waals surface area contributed by atoms with Crippen molar-refractivity contribution in [1.29, 1.82) is 0 Å². The molecule has 0 spiro atoms. The SMILES string of the molecule is Cc1cc(C(O)(c2ccc3ccccc3c2)C(F)(F)F)ccc1N(N)c1ccc(F)cc1. The molecular formula is C25H20F4N2O. The number of aryl methyl sites for hydroxylation is 1. The summed E-state index contributed by atoms with van der Waals surface area (Å²) in [5, 5.41) is 13.6. The lowest BCUT2D eigenvalue weighted by Crippen LogP contribution is -2.43. The average molecular weight is 440 g/mol. The second-order valence-electron chi connectivity index (χ2n) is 7.62. The monoisotopic (exact) mass is 440 g/mol. The number of anilines is 2. The highest BCUT2D eigenvalue weighted by Crippen LogP contribution is 2.45. The minimum atomic E-state index is -4.97. The third-order valence-electron chi connectivity index (χ3n) is 5.56. The van der Waals surface area contributed by atoms with Crippen LogP contribution in [0.25, 0.3) is 10.8 Å². The average Bonchev–Trinajstić information content (AvgIpc) is 2.77. The summed E-state index contributed by atoms with van der Waals surface area (Å²) in [6.07, 6.45) is -4.97. The summed E-state index contributed by atoms with van der Waals surface area (Å²) in [4.78, 5) is 0. The van der Waals surface area contributed by atoms with Crippen LogP contribution in [0.4, 0.5) is 28.9 Å². The van der Waals surface area contributed by atoms with Gasteiger partial charge >= 0.3 is 6.18 Å². The van der Waals surface area contributed by atoms with Crippen molar-refractivity contribution in [3.63, 3.8) is 0 Å². The molecule has 0 saturated carbocycles. The maximum Gasteiger partial charge on any atom is 0.425 e. The molecule has 4 aromatic rings. The number of hydrogen-bond donors (Lipinski definition) is 2. The minimum absolute atomic E-state index is 0.279. The molecule has 0 aliphatic carbocycles. The molecule has 3 nitrogen and oxygen atoms in total. The van der Waals surface area contributed by atoms with E-state index in [1.165, 1.54) is 59.6 Å². The number of alkyl halides is 3. The fourth-order valence-corrected chi connectivity index (χ4v) is 3.80. The van der Waals surface area contributed by atoms with Gasteiger partial charge in [0.15, 0.2) is 0 Å². The van der Waals surface area contributed by atoms with Gasteiger partial charge < -0.3 is 5.11 Å². The zero-order valence-corrected chi connectivity index (χ0v) is 17.1. The summed E-state index contributed by atoms with van der Waals surface area (Å²) >= 11 is 0. The van der Waals surface area contributed by atoms with E-state index in [0.717, 1.165) is 5.39 Å². The van der Waals surface area contributed by atoms with Gasteiger partial charge in [0.1, 0.15) is 5.82 Å². The van der Waals surface area contributed by atoms with Gasteiger partial charge in [0.05, 0.1) is 11.4 Å². The van der Waals surface area contributed by atoms with E-state index in [1.54, 1.807) is 37.3 Å². The zero-order chi connectivity index (χ0) is 23.1. The van der Waals surface area contributed by atoms with E-state index in [9.17, 15) is 22.7 Å². The third-order valence-corrected chi connectivity index (χ3v) is 5.56. The lowest BCUT2D eigenvalue weighted by molar-refractivity contribution is -0.248. The molecule has 0 aliphatic heterocycles. The molecule has 0 heterocycles. The Balaban J connectivity index is 1.80. The van der Waals surface area contributed by atoms with E-state index in [-0.39, 0.29) is 11.1 Å². The maximum absolute atomic E-state index is 14.2. The molecule has 4 rings (SSSR count). The summed E-state index contributed by atoms with van der Waals surface area (Å²) < 4.78 is 55.9. The molecule has 0 aromatic heterocycles. The van der Waals surface area contributed by atoms with Crippen molar-refractivity contribution in [3.8, 4) is 0 Å². The van der Waals surface area contributed by atoms with E-state index in [4.69, 9.17) is 5.84 Å². The minimum Gasteiger partial charge on any atom is -0.372 e. The topological polar surface area (TPSA) is 49.5 Å². The highest BCUT2D eigenvalue weighted by Gasteiger charge is 2.56. The standard InChI is InChI=1S/C25H20F4N2O/c1-16-14-19(8-13-23(16)31(30)22-11-9-21(26)10-12-22)24(32,25(27,28)29)20-7-6-17-4-2-3-5-18(17)15-20/h2-15,32H,30H2,1H3. The van der Waals surface area contributed by atoms with E-state index in [0.29, 0.717) is 22.3 Å². The van der Waals surface area contributed by atoms with Crippen molar-refractivity contribution in [2.75, 3.05) is 5.01 Å². The van der Waals surface area contributed by atoms with Crippen molar-refractivity contribution in [2.45, 2.75) is 18.7 Å². The first kappa shape index (κ1) is 21.8. The third kappa shape index (κ3) is 3.70. The first-order valence-corrected chi connectivity index (χ1v) is 9.81. The smallest absolute Gasteiger partial charge is 0.372 e. The highest BCUT2D eigenvalue weighted by molar-refractivity contribution is 5.83. The number of hydrogen-bond acceptors (Lipinski definition) is 3. The van der Waals surface area contributed by atoms with Crippen molar-refractivity contribution in [3.05, 3.63) is 107 Å². The Bertz CT molecular complexity index is 1270. The summed E-state index contributed by atoms with van der Waals surface area (Å²) in [6, 6.07) is 20.5. The quantitative estimate of drug-likeness (QED) is 0.229. The van der Waals surface area contributed by atoms with Gasteiger partial charge in [0, 0.05) is 0 Å². The van der Waals surface area contributed by atoms with Crippen molar-refractivity contribution < 1.29 is 22.7 Å². The molecule has 0 saturated heterocycles. The molecular weight excluding hydrogens is 420 g/mol. The molecule has 0 amide bonds. The van der Waals surface area contributed by atoms with Gasteiger partial charge in [-0.05, 0) is 70.8 Å². The second kappa shape index (κ2) is 7.93. The molecule has 4 aromatic carbocycles. The number of fused-ring (bicyclic) bond motifs is 1. The van der Waals surface area contributed by atoms with Gasteiger partial charge in [-0.3, -0.25) is 5.01 Å². The van der Waals surface area contributed by atoms with Crippen molar-refractivity contribution in [2.24, 2.45) is 5.84 Å². The summed E-state index contributed by atoms with van der Waals surface area (Å²) in [6.45, 7) is 1.60. The van der Waals surface area contributed by atoms with Crippen LogP contribution in [0.1, 0.15) is 16.7 Å². The number of benzene rings is 4. The molecule has 0 radical (unpaired) electrons. The van der Waals surface area contributed by atoms with Crippen molar-refractivity contribution in [1.82, 2.24) is 0 Å². The Morgan fingerprint density at radius 2 is 1.38 bits per heavy atom. The molecule has 0 bridgehead atoms. The normalized spacial score (nSPS) is 13.7. The number of halogens is 4. The molecule has 0 aliphatic rings. The van der Waals surface area contributed by atoms with E-state index in [1.807, 2.05) is 0 Å². The molecule has 1 atom stereocenters. The molecule has 7 heteroatoms. The van der Waals surface area contributed by atoms with Gasteiger partial charge in [0.2, 0.25) is 5.60 Å². The van der Waals surface area contributed by atoms with Crippen LogP contribution >= 0.6 is 0 Å². The Kier molecular flexibility index (Phi) is 5.40. The van der Waals surface area contributed by atoms with Crippen LogP contribution in [0.5, 0.6) is 0 Å². The fourth-order valence-electron chi connectivity index (χ4n) is 3.80. The fraction of sp³-hybridized carbons (Fsp3) is 0.120. The largest absolute Gasteiger partial charge is 0.425 e. The molecule has 32 heavy (non-hydrogen) atoms. The first-order valence-electron chi connectivity index (χ1n) is 9.81. The highest BCUT2D eigenvalue weighted by atomic mass is 19.4. The van der Waals surface area contributed by atoms with Gasteiger partial charge in [-0.25, -0.2) is 10.2 Å². The van der Waals surface area contributed by atoms with Crippen LogP contribution in [-0.2, 0) is 5.60 Å². The van der Waals surface area contributed by atoms with Crippen LogP contribution in [0.15, 0.2) is 84.9 Å². The first-order chi connectivity index (χ1) is 15.1. The Morgan fingerprint density at radius 3 is 2.00 bits per heavy atom. The van der Waals surface area contributed by atoms with Gasteiger partial charge in [-0.15, -0.1) is 0 Å². The predicted octanol–water partition coefficient (Wildman–Crippen LogP) is 6.10. The van der Waals surface area contributed by atoms with E-state index >= 15 is 0 Å². The van der Waals surface area contributed by atoms with Crippen LogP contribution < -0.4 is 10.9 Å². The molecule has 0 fully saturated rings. The Morgan fingerprint density at radius 1 is 0.781 bits per heavy atom. The van der Waals surface area contributed by atoms with Crippen LogP contribution in [0, 0.1) is 12.7 Å². The summed E-state index contributed by atoms with van der Waals surface area (Å²) in [5.74, 6) is 5.68. The number of aliphatic hydroxyl groups is 1. The summed E-state index contributed by atoms with van der Waals surface area (Å²) in [5.41, 5.74) is -2.52. The molecule has 164 valence electrons. The maximum atomic E-state index is 14.2. The van der Waals surface area contributed by atoms with Gasteiger partial charge in [-0.1, -0.05) is 48.5 Å². The summed E-state index contributed by atoms with van der Waals surface area (Å²) in [7, 11) is 0. The number of nitrogens with two attached hydrogens (primary N) is 1. The number of hydrazine groups is 1. The van der Waals surface area contributed by atoms with Crippen LogP contribution in [0.3, 0.4) is 0 Å². The molecule has 3 N–H and O–H groups in total. The van der Waals surface area contributed by atoms with E-state index in [2.05, 4.69) is 0 Å². The Labute approximate surface area is 182 Å². The van der Waals surface area contributed by atoms with Crippen LogP contribution in [0.2, 0.25) is 0 Å². The van der Waals surface area contributed by atoms with Gasteiger partial charge in [0.25, 0.3) is 0 Å². The van der Waals surface area contributed by atoms with E-state index < -0.39 is 17.6 Å². The number of nitrogens with zero attached hydrogens (tertiary/aromatic N) is 1. The zero-order valence-electron chi connectivity index (χ0n) is 17.1. The second-order valence-corrected chi connectivity index (χ2v) is 7.62. The van der Waals surface area contributed by atoms with Crippen LogP contribution in [-0.4, -0.2) is 11.3 Å². The Hall–Kier alpha value is -3.42.